The summed E-state index contributed by atoms with van der Waals surface area (Å²) in [5.41, 5.74) is 1.41. The van der Waals surface area contributed by atoms with Gasteiger partial charge in [-0.25, -0.2) is 0 Å². The van der Waals surface area contributed by atoms with Crippen LogP contribution in [0.15, 0.2) is 18.2 Å². The molecule has 136 valence electrons. The van der Waals surface area contributed by atoms with Crippen molar-refractivity contribution in [3.63, 3.8) is 0 Å². The largest absolute Gasteiger partial charge is 0.496 e. The summed E-state index contributed by atoms with van der Waals surface area (Å²) in [4.78, 5) is 11.3. The van der Waals surface area contributed by atoms with Gasteiger partial charge in [0.05, 0.1) is 7.11 Å². The monoisotopic (exact) mass is 347 g/mol. The van der Waals surface area contributed by atoms with Gasteiger partial charge in [-0.15, -0.1) is 0 Å². The first-order chi connectivity index (χ1) is 10.8. The third-order valence-electron chi connectivity index (χ3n) is 4.19. The maximum atomic E-state index is 13.2. The number of aliphatic hydroxyl groups is 1. The molecule has 1 amide bonds. The molecule has 7 heteroatoms. The molecule has 0 saturated carbocycles. The Bertz CT molecular complexity index is 612. The summed E-state index contributed by atoms with van der Waals surface area (Å²) < 4.78 is 44.9. The smallest absolute Gasteiger partial charge is 0.426 e. The maximum absolute atomic E-state index is 13.2. The molecule has 0 aromatic heterocycles. The number of carbonyl (C=O) groups is 1. The van der Waals surface area contributed by atoms with Gasteiger partial charge in [-0.2, -0.15) is 13.2 Å². The minimum Gasteiger partial charge on any atom is -0.496 e. The number of hydrogen-bond donors (Lipinski definition) is 2. The third kappa shape index (κ3) is 3.83. The Balaban J connectivity index is 3.43. The van der Waals surface area contributed by atoms with Crippen molar-refractivity contribution in [2.75, 3.05) is 7.11 Å². The SMILES string of the molecule is COc1ccc(C(C)C)cc1C(C)(C)CC(O)(C(N)=O)C(F)(F)F. The number of rotatable bonds is 6. The quantitative estimate of drug-likeness (QED) is 0.830. The van der Waals surface area contributed by atoms with Gasteiger partial charge in [0.25, 0.3) is 5.91 Å². The molecule has 3 N–H and O–H groups in total. The fourth-order valence-corrected chi connectivity index (χ4v) is 2.68. The van der Waals surface area contributed by atoms with Crippen LogP contribution in [0.3, 0.4) is 0 Å². The van der Waals surface area contributed by atoms with Gasteiger partial charge in [-0.05, 0) is 23.0 Å². The van der Waals surface area contributed by atoms with E-state index in [9.17, 15) is 23.1 Å². The summed E-state index contributed by atoms with van der Waals surface area (Å²) in [5, 5.41) is 9.92. The average Bonchev–Trinajstić information content (AvgIpc) is 2.44. The van der Waals surface area contributed by atoms with Crippen molar-refractivity contribution in [3.8, 4) is 5.75 Å². The Morgan fingerprint density at radius 2 is 1.83 bits per heavy atom. The second kappa shape index (κ2) is 6.63. The van der Waals surface area contributed by atoms with Crippen molar-refractivity contribution in [1.29, 1.82) is 0 Å². The van der Waals surface area contributed by atoms with Gasteiger partial charge in [-0.3, -0.25) is 4.79 Å². The van der Waals surface area contributed by atoms with E-state index < -0.39 is 29.5 Å². The second-order valence-electron chi connectivity index (χ2n) is 6.90. The van der Waals surface area contributed by atoms with Crippen molar-refractivity contribution >= 4 is 5.91 Å². The van der Waals surface area contributed by atoms with Gasteiger partial charge >= 0.3 is 6.18 Å². The lowest BCUT2D eigenvalue weighted by molar-refractivity contribution is -0.255. The number of methoxy groups -OCH3 is 1. The van der Waals surface area contributed by atoms with E-state index in [2.05, 4.69) is 0 Å². The zero-order chi connectivity index (χ0) is 18.9. The topological polar surface area (TPSA) is 72.6 Å². The number of carbonyl (C=O) groups excluding carboxylic acids is 1. The second-order valence-corrected chi connectivity index (χ2v) is 6.90. The summed E-state index contributed by atoms with van der Waals surface area (Å²) in [5.74, 6) is -1.27. The first-order valence-electron chi connectivity index (χ1n) is 7.53. The van der Waals surface area contributed by atoms with Crippen LogP contribution in [0.1, 0.15) is 51.2 Å². The van der Waals surface area contributed by atoms with Gasteiger partial charge < -0.3 is 15.6 Å². The summed E-state index contributed by atoms with van der Waals surface area (Å²) >= 11 is 0. The first-order valence-corrected chi connectivity index (χ1v) is 7.53. The van der Waals surface area contributed by atoms with Gasteiger partial charge in [0, 0.05) is 12.0 Å². The highest BCUT2D eigenvalue weighted by Gasteiger charge is 2.60. The van der Waals surface area contributed by atoms with Crippen LogP contribution < -0.4 is 10.5 Å². The molecule has 1 unspecified atom stereocenters. The summed E-state index contributed by atoms with van der Waals surface area (Å²) in [7, 11) is 1.41. The zero-order valence-electron chi connectivity index (χ0n) is 14.5. The molecule has 0 aliphatic rings. The van der Waals surface area contributed by atoms with E-state index in [0.717, 1.165) is 5.56 Å². The molecule has 1 aromatic carbocycles. The minimum atomic E-state index is -5.17. The van der Waals surface area contributed by atoms with Crippen LogP contribution in [0.25, 0.3) is 0 Å². The number of amides is 1. The number of ether oxygens (including phenoxy) is 1. The summed E-state index contributed by atoms with van der Waals surface area (Å²) in [6, 6.07) is 5.23. The van der Waals surface area contributed by atoms with E-state index in [1.165, 1.54) is 21.0 Å². The summed E-state index contributed by atoms with van der Waals surface area (Å²) in [6.45, 7) is 6.92. The van der Waals surface area contributed by atoms with E-state index in [-0.39, 0.29) is 5.92 Å². The molecule has 0 radical (unpaired) electrons. The van der Waals surface area contributed by atoms with Gasteiger partial charge in [0.15, 0.2) is 0 Å². The lowest BCUT2D eigenvalue weighted by atomic mass is 9.73. The highest BCUT2D eigenvalue weighted by molar-refractivity contribution is 5.84. The Morgan fingerprint density at radius 3 is 2.21 bits per heavy atom. The first kappa shape index (κ1) is 20.3. The molecule has 0 bridgehead atoms. The van der Waals surface area contributed by atoms with E-state index in [1.54, 1.807) is 12.1 Å². The molecular formula is C17H24F3NO3. The lowest BCUT2D eigenvalue weighted by Gasteiger charge is -2.36. The Kier molecular flexibility index (Phi) is 5.60. The number of nitrogens with two attached hydrogens (primary N) is 1. The van der Waals surface area contributed by atoms with Crippen molar-refractivity contribution < 1.29 is 27.8 Å². The van der Waals surface area contributed by atoms with Crippen molar-refractivity contribution in [1.82, 2.24) is 0 Å². The molecule has 1 atom stereocenters. The van der Waals surface area contributed by atoms with E-state index >= 15 is 0 Å². The number of benzene rings is 1. The highest BCUT2D eigenvalue weighted by atomic mass is 19.4. The molecule has 0 spiro atoms. The van der Waals surface area contributed by atoms with Crippen molar-refractivity contribution in [2.45, 2.75) is 57.2 Å². The van der Waals surface area contributed by atoms with Crippen LogP contribution in [-0.2, 0) is 10.2 Å². The third-order valence-corrected chi connectivity index (χ3v) is 4.19. The van der Waals surface area contributed by atoms with Gasteiger partial charge in [0.2, 0.25) is 5.60 Å². The molecule has 0 aliphatic carbocycles. The minimum absolute atomic E-state index is 0.156. The molecular weight excluding hydrogens is 323 g/mol. The van der Waals surface area contributed by atoms with Crippen LogP contribution in [0.5, 0.6) is 5.75 Å². The van der Waals surface area contributed by atoms with Crippen molar-refractivity contribution in [3.05, 3.63) is 29.3 Å². The van der Waals surface area contributed by atoms with Crippen molar-refractivity contribution in [2.24, 2.45) is 5.73 Å². The molecule has 0 saturated heterocycles. The number of primary amides is 1. The molecule has 0 fully saturated rings. The maximum Gasteiger partial charge on any atom is 0.426 e. The molecule has 0 heterocycles. The average molecular weight is 347 g/mol. The number of hydrogen-bond acceptors (Lipinski definition) is 3. The molecule has 24 heavy (non-hydrogen) atoms. The Hall–Kier alpha value is -1.76. The van der Waals surface area contributed by atoms with E-state index in [4.69, 9.17) is 10.5 Å². The lowest BCUT2D eigenvalue weighted by Crippen LogP contribution is -2.58. The molecule has 4 nitrogen and oxygen atoms in total. The molecule has 1 rings (SSSR count). The van der Waals surface area contributed by atoms with E-state index in [0.29, 0.717) is 11.3 Å². The fraction of sp³-hybridized carbons (Fsp3) is 0.588. The normalized spacial score (nSPS) is 15.2. The predicted molar refractivity (Wildman–Crippen MR) is 84.9 cm³/mol. The van der Waals surface area contributed by atoms with Gasteiger partial charge in [0.1, 0.15) is 5.75 Å². The van der Waals surface area contributed by atoms with Crippen LogP contribution in [0.2, 0.25) is 0 Å². The molecule has 1 aromatic rings. The summed E-state index contributed by atoms with van der Waals surface area (Å²) in [6.07, 6.45) is -6.07. The zero-order valence-corrected chi connectivity index (χ0v) is 14.5. The van der Waals surface area contributed by atoms with Crippen LogP contribution in [0, 0.1) is 0 Å². The highest BCUT2D eigenvalue weighted by Crippen LogP contribution is 2.44. The standard InChI is InChI=1S/C17H24F3NO3/c1-10(2)11-6-7-13(24-5)12(8-11)15(3,4)9-16(23,14(21)22)17(18,19)20/h6-8,10,23H,9H2,1-5H3,(H2,21,22). The number of alkyl halides is 3. The molecule has 0 aliphatic heterocycles. The van der Waals surface area contributed by atoms with E-state index in [1.807, 2.05) is 19.9 Å². The Morgan fingerprint density at radius 1 is 1.29 bits per heavy atom. The predicted octanol–water partition coefficient (Wildman–Crippen LogP) is 3.27. The number of halogens is 3. The Labute approximate surface area is 139 Å². The van der Waals surface area contributed by atoms with Crippen LogP contribution >= 0.6 is 0 Å². The fourth-order valence-electron chi connectivity index (χ4n) is 2.68. The van der Waals surface area contributed by atoms with Gasteiger partial charge in [-0.1, -0.05) is 39.8 Å². The van der Waals surface area contributed by atoms with Crippen LogP contribution in [-0.4, -0.2) is 29.9 Å². The van der Waals surface area contributed by atoms with Crippen LogP contribution in [0.4, 0.5) is 13.2 Å².